The van der Waals surface area contributed by atoms with Gasteiger partial charge in [-0.25, -0.2) is 8.42 Å². The van der Waals surface area contributed by atoms with Gasteiger partial charge in [-0.1, -0.05) is 0 Å². The Morgan fingerprint density at radius 3 is 2.32 bits per heavy atom. The van der Waals surface area contributed by atoms with Crippen LogP contribution in [0.25, 0.3) is 0 Å². The zero-order valence-corrected chi connectivity index (χ0v) is 13.8. The molecule has 0 amide bonds. The lowest BCUT2D eigenvalue weighted by atomic mass is 10.2. The van der Waals surface area contributed by atoms with Crippen molar-refractivity contribution in [1.82, 2.24) is 0 Å². The van der Waals surface area contributed by atoms with E-state index in [2.05, 4.69) is 31.9 Å². The highest BCUT2D eigenvalue weighted by Gasteiger charge is 2.38. The van der Waals surface area contributed by atoms with Crippen molar-refractivity contribution in [1.29, 1.82) is 0 Å². The Bertz CT molecular complexity index is 567. The third-order valence-corrected chi connectivity index (χ3v) is 5.70. The Balaban J connectivity index is 2.25. The highest BCUT2D eigenvalue weighted by atomic mass is 79.9. The molecular formula is C11H13Br2NO4S. The molecule has 2 atom stereocenters. The maximum atomic E-state index is 11.4. The lowest BCUT2D eigenvalue weighted by molar-refractivity contribution is 0.0727. The van der Waals surface area contributed by atoms with E-state index in [1.54, 1.807) is 12.1 Å². The molecule has 1 aliphatic rings. The van der Waals surface area contributed by atoms with E-state index in [1.165, 1.54) is 0 Å². The van der Waals surface area contributed by atoms with Crippen LogP contribution in [0.5, 0.6) is 5.75 Å². The molecule has 106 valence electrons. The summed E-state index contributed by atoms with van der Waals surface area (Å²) in [5.74, 6) is 0.0396. The summed E-state index contributed by atoms with van der Waals surface area (Å²) in [5, 5.41) is 9.71. The van der Waals surface area contributed by atoms with E-state index in [0.717, 1.165) is 5.56 Å². The SMILES string of the molecule is NCc1cc(Br)c(OC2CS(=O)(=O)CC2O)c(Br)c1. The molecule has 19 heavy (non-hydrogen) atoms. The molecule has 1 fully saturated rings. The number of hydrogen-bond donors (Lipinski definition) is 2. The molecule has 2 rings (SSSR count). The summed E-state index contributed by atoms with van der Waals surface area (Å²) < 4.78 is 29.8. The summed E-state index contributed by atoms with van der Waals surface area (Å²) in [4.78, 5) is 0. The first-order valence-electron chi connectivity index (χ1n) is 5.55. The summed E-state index contributed by atoms with van der Waals surface area (Å²) in [5.41, 5.74) is 6.47. The summed E-state index contributed by atoms with van der Waals surface area (Å²) in [6.07, 6.45) is -1.75. The lowest BCUT2D eigenvalue weighted by Gasteiger charge is -2.18. The zero-order chi connectivity index (χ0) is 14.2. The van der Waals surface area contributed by atoms with E-state index in [9.17, 15) is 13.5 Å². The van der Waals surface area contributed by atoms with Crippen molar-refractivity contribution in [3.8, 4) is 5.75 Å². The van der Waals surface area contributed by atoms with Crippen LogP contribution in [0.2, 0.25) is 0 Å². The van der Waals surface area contributed by atoms with Gasteiger partial charge in [-0.3, -0.25) is 0 Å². The highest BCUT2D eigenvalue weighted by molar-refractivity contribution is 9.11. The van der Waals surface area contributed by atoms with Crippen molar-refractivity contribution in [3.63, 3.8) is 0 Å². The molecule has 5 nitrogen and oxygen atoms in total. The van der Waals surface area contributed by atoms with Crippen LogP contribution in [0.3, 0.4) is 0 Å². The average molecular weight is 415 g/mol. The Hall–Kier alpha value is -0.150. The second-order valence-corrected chi connectivity index (χ2v) is 8.26. The van der Waals surface area contributed by atoms with Crippen molar-refractivity contribution < 1.29 is 18.3 Å². The van der Waals surface area contributed by atoms with E-state index in [-0.39, 0.29) is 11.5 Å². The standard InChI is InChI=1S/C11H13Br2NO4S/c12-7-1-6(3-14)2-8(13)11(7)18-10-5-19(16,17)4-9(10)15/h1-2,9-10,15H,3-5,14H2. The number of hydrogen-bond acceptors (Lipinski definition) is 5. The van der Waals surface area contributed by atoms with Gasteiger partial charge in [0.25, 0.3) is 0 Å². The summed E-state index contributed by atoms with van der Waals surface area (Å²) in [6, 6.07) is 3.60. The normalized spacial score (nSPS) is 25.5. The van der Waals surface area contributed by atoms with Gasteiger partial charge >= 0.3 is 0 Å². The number of ether oxygens (including phenoxy) is 1. The van der Waals surface area contributed by atoms with E-state index in [4.69, 9.17) is 10.5 Å². The van der Waals surface area contributed by atoms with Gasteiger partial charge in [-0.05, 0) is 49.6 Å². The number of halogens is 2. The molecule has 2 unspecified atom stereocenters. The topological polar surface area (TPSA) is 89.6 Å². The van der Waals surface area contributed by atoms with Crippen LogP contribution >= 0.6 is 31.9 Å². The first kappa shape index (κ1) is 15.2. The average Bonchev–Trinajstić information content (AvgIpc) is 2.56. The van der Waals surface area contributed by atoms with E-state index in [1.807, 2.05) is 0 Å². The van der Waals surface area contributed by atoms with Gasteiger partial charge in [-0.15, -0.1) is 0 Å². The number of benzene rings is 1. The highest BCUT2D eigenvalue weighted by Crippen LogP contribution is 2.36. The van der Waals surface area contributed by atoms with Gasteiger partial charge in [0.2, 0.25) is 0 Å². The number of aliphatic hydroxyl groups is 1. The fraction of sp³-hybridized carbons (Fsp3) is 0.455. The van der Waals surface area contributed by atoms with Crippen LogP contribution in [0, 0.1) is 0 Å². The Morgan fingerprint density at radius 2 is 1.89 bits per heavy atom. The molecule has 0 spiro atoms. The van der Waals surface area contributed by atoms with E-state index >= 15 is 0 Å². The molecule has 1 aromatic carbocycles. The van der Waals surface area contributed by atoms with Gasteiger partial charge in [0.05, 0.1) is 20.5 Å². The second-order valence-electron chi connectivity index (χ2n) is 4.39. The Labute approximate surface area is 128 Å². The van der Waals surface area contributed by atoms with Crippen molar-refractivity contribution in [3.05, 3.63) is 26.6 Å². The minimum Gasteiger partial charge on any atom is -0.484 e. The zero-order valence-electron chi connectivity index (χ0n) is 9.84. The first-order chi connectivity index (χ1) is 8.82. The molecule has 0 saturated carbocycles. The van der Waals surface area contributed by atoms with Gasteiger partial charge in [0.15, 0.2) is 9.84 Å². The number of sulfone groups is 1. The molecule has 0 aromatic heterocycles. The van der Waals surface area contributed by atoms with Gasteiger partial charge in [0.1, 0.15) is 18.0 Å². The molecule has 1 saturated heterocycles. The lowest BCUT2D eigenvalue weighted by Crippen LogP contribution is -2.30. The molecule has 1 aliphatic heterocycles. The van der Waals surface area contributed by atoms with Gasteiger partial charge in [0, 0.05) is 6.54 Å². The van der Waals surface area contributed by atoms with Crippen molar-refractivity contribution >= 4 is 41.7 Å². The van der Waals surface area contributed by atoms with Crippen molar-refractivity contribution in [2.24, 2.45) is 5.73 Å². The molecule has 1 aromatic rings. The molecule has 1 heterocycles. The molecule has 0 aliphatic carbocycles. The fourth-order valence-electron chi connectivity index (χ4n) is 1.90. The number of rotatable bonds is 3. The maximum absolute atomic E-state index is 11.4. The fourth-order valence-corrected chi connectivity index (χ4v) is 5.03. The Kier molecular flexibility index (Phi) is 4.56. The van der Waals surface area contributed by atoms with Crippen LogP contribution in [-0.4, -0.2) is 37.2 Å². The van der Waals surface area contributed by atoms with Crippen LogP contribution in [0.4, 0.5) is 0 Å². The van der Waals surface area contributed by atoms with Crippen LogP contribution in [0.15, 0.2) is 21.1 Å². The molecule has 0 radical (unpaired) electrons. The van der Waals surface area contributed by atoms with Crippen LogP contribution < -0.4 is 10.5 Å². The summed E-state index contributed by atoms with van der Waals surface area (Å²) in [7, 11) is -3.23. The van der Waals surface area contributed by atoms with E-state index in [0.29, 0.717) is 21.2 Å². The molecular weight excluding hydrogens is 402 g/mol. The van der Waals surface area contributed by atoms with E-state index < -0.39 is 22.0 Å². The number of aliphatic hydroxyl groups excluding tert-OH is 1. The van der Waals surface area contributed by atoms with Crippen LogP contribution in [0.1, 0.15) is 5.56 Å². The minimum atomic E-state index is -3.23. The summed E-state index contributed by atoms with van der Waals surface area (Å²) >= 11 is 6.71. The first-order valence-corrected chi connectivity index (χ1v) is 8.96. The third kappa shape index (κ3) is 3.49. The third-order valence-electron chi connectivity index (χ3n) is 2.84. The quantitative estimate of drug-likeness (QED) is 0.775. The maximum Gasteiger partial charge on any atom is 0.156 e. The minimum absolute atomic E-state index is 0.175. The van der Waals surface area contributed by atoms with Crippen molar-refractivity contribution in [2.45, 2.75) is 18.8 Å². The molecule has 8 heteroatoms. The van der Waals surface area contributed by atoms with Crippen molar-refractivity contribution in [2.75, 3.05) is 11.5 Å². The number of nitrogens with two attached hydrogens (primary N) is 1. The summed E-state index contributed by atoms with van der Waals surface area (Å²) in [6.45, 7) is 0.387. The van der Waals surface area contributed by atoms with Gasteiger partial charge < -0.3 is 15.6 Å². The molecule has 0 bridgehead atoms. The molecule has 3 N–H and O–H groups in total. The Morgan fingerprint density at radius 1 is 1.32 bits per heavy atom. The van der Waals surface area contributed by atoms with Gasteiger partial charge in [-0.2, -0.15) is 0 Å². The van der Waals surface area contributed by atoms with Crippen LogP contribution in [-0.2, 0) is 16.4 Å². The smallest absolute Gasteiger partial charge is 0.156 e. The second kappa shape index (κ2) is 5.69. The predicted molar refractivity (Wildman–Crippen MR) is 78.8 cm³/mol. The largest absolute Gasteiger partial charge is 0.484 e. The predicted octanol–water partition coefficient (Wildman–Crippen LogP) is 1.21. The monoisotopic (exact) mass is 413 g/mol.